The van der Waals surface area contributed by atoms with Gasteiger partial charge in [0, 0.05) is 6.04 Å². The molecule has 1 atom stereocenters. The zero-order chi connectivity index (χ0) is 12.7. The molecule has 0 aliphatic rings. The normalized spacial score (nSPS) is 12.2. The predicted octanol–water partition coefficient (Wildman–Crippen LogP) is 3.05. The summed E-state index contributed by atoms with van der Waals surface area (Å²) < 4.78 is 5.38. The maximum Gasteiger partial charge on any atom is 0.239 e. The van der Waals surface area contributed by atoms with E-state index in [1.165, 1.54) is 6.42 Å². The van der Waals surface area contributed by atoms with Gasteiger partial charge in [-0.25, -0.2) is 0 Å². The molecule has 4 heteroatoms. The number of nitrogen functional groups attached to an aromatic ring is 1. The van der Waals surface area contributed by atoms with Gasteiger partial charge in [0.05, 0.1) is 12.3 Å². The Balaban J connectivity index is 2.73. The van der Waals surface area contributed by atoms with Gasteiger partial charge in [-0.15, -0.1) is 0 Å². The van der Waals surface area contributed by atoms with Gasteiger partial charge in [-0.3, -0.25) is 0 Å². The lowest BCUT2D eigenvalue weighted by atomic mass is 10.1. The minimum absolute atomic E-state index is 0.464. The average molecular weight is 237 g/mol. The highest BCUT2D eigenvalue weighted by atomic mass is 16.5. The van der Waals surface area contributed by atoms with Gasteiger partial charge in [-0.1, -0.05) is 20.3 Å². The first-order valence-corrected chi connectivity index (χ1v) is 6.37. The summed E-state index contributed by atoms with van der Waals surface area (Å²) in [7, 11) is 0. The van der Waals surface area contributed by atoms with E-state index in [9.17, 15) is 0 Å². The first kappa shape index (κ1) is 13.6. The molecule has 1 aromatic rings. The molecule has 0 fully saturated rings. The number of hydrogen-bond acceptors (Lipinski definition) is 4. The lowest BCUT2D eigenvalue weighted by Crippen LogP contribution is -2.19. The lowest BCUT2D eigenvalue weighted by molar-refractivity contribution is 0.329. The number of hydrogen-bond donors (Lipinski definition) is 2. The molecule has 0 spiro atoms. The molecule has 0 amide bonds. The molecule has 0 bridgehead atoms. The smallest absolute Gasteiger partial charge is 0.239 e. The van der Waals surface area contributed by atoms with Crippen molar-refractivity contribution in [1.82, 2.24) is 4.98 Å². The summed E-state index contributed by atoms with van der Waals surface area (Å²) in [6.07, 6.45) is 3.40. The van der Waals surface area contributed by atoms with Crippen LogP contribution in [-0.2, 0) is 0 Å². The highest BCUT2D eigenvalue weighted by Gasteiger charge is 2.08. The molecule has 96 valence electrons. The van der Waals surface area contributed by atoms with Crippen LogP contribution in [-0.4, -0.2) is 17.6 Å². The van der Waals surface area contributed by atoms with Crippen LogP contribution in [0.2, 0.25) is 0 Å². The van der Waals surface area contributed by atoms with E-state index in [1.807, 2.05) is 19.1 Å². The van der Waals surface area contributed by atoms with Crippen LogP contribution >= 0.6 is 0 Å². The molecule has 1 unspecified atom stereocenters. The highest BCUT2D eigenvalue weighted by molar-refractivity contribution is 5.53. The standard InChI is InChI=1S/C13H23N3O/c1-4-7-10(5-2)15-12-9-8-11(14)13(16-12)17-6-3/h8-10H,4-7,14H2,1-3H3,(H,15,16). The zero-order valence-corrected chi connectivity index (χ0v) is 11.0. The fourth-order valence-electron chi connectivity index (χ4n) is 1.72. The Labute approximate surface area is 104 Å². The molecule has 3 N–H and O–H groups in total. The summed E-state index contributed by atoms with van der Waals surface area (Å²) in [5, 5.41) is 3.41. The molecule has 1 heterocycles. The molecule has 1 aromatic heterocycles. The summed E-state index contributed by atoms with van der Waals surface area (Å²) in [6, 6.07) is 4.19. The van der Waals surface area contributed by atoms with Gasteiger partial charge >= 0.3 is 0 Å². The second kappa shape index (κ2) is 6.99. The molecule has 0 radical (unpaired) electrons. The number of ether oxygens (including phenoxy) is 1. The van der Waals surface area contributed by atoms with Gasteiger partial charge < -0.3 is 15.8 Å². The highest BCUT2D eigenvalue weighted by Crippen LogP contribution is 2.21. The quantitative estimate of drug-likeness (QED) is 0.765. The number of anilines is 2. The molecule has 1 rings (SSSR count). The Bertz CT molecular complexity index is 341. The van der Waals surface area contributed by atoms with E-state index in [0.717, 1.165) is 18.7 Å². The summed E-state index contributed by atoms with van der Waals surface area (Å²) in [5.41, 5.74) is 6.37. The summed E-state index contributed by atoms with van der Waals surface area (Å²) in [6.45, 7) is 6.86. The average Bonchev–Trinajstić information content (AvgIpc) is 2.33. The number of aromatic nitrogens is 1. The Kier molecular flexibility index (Phi) is 5.60. The Morgan fingerprint density at radius 3 is 2.71 bits per heavy atom. The van der Waals surface area contributed by atoms with Gasteiger partial charge in [-0.2, -0.15) is 4.98 Å². The minimum Gasteiger partial charge on any atom is -0.476 e. The SMILES string of the molecule is CCCC(CC)Nc1ccc(N)c(OCC)n1. The molecule has 17 heavy (non-hydrogen) atoms. The largest absolute Gasteiger partial charge is 0.476 e. The fourth-order valence-corrected chi connectivity index (χ4v) is 1.72. The third kappa shape index (κ3) is 4.13. The van der Waals surface area contributed by atoms with Crippen molar-refractivity contribution in [2.24, 2.45) is 0 Å². The predicted molar refractivity (Wildman–Crippen MR) is 72.4 cm³/mol. The third-order valence-electron chi connectivity index (χ3n) is 2.65. The molecular weight excluding hydrogens is 214 g/mol. The van der Waals surface area contributed by atoms with Crippen molar-refractivity contribution in [2.45, 2.75) is 46.1 Å². The number of nitrogens with two attached hydrogens (primary N) is 1. The van der Waals surface area contributed by atoms with Crippen molar-refractivity contribution in [3.63, 3.8) is 0 Å². The van der Waals surface area contributed by atoms with E-state index in [1.54, 1.807) is 0 Å². The van der Waals surface area contributed by atoms with E-state index in [0.29, 0.717) is 24.2 Å². The van der Waals surface area contributed by atoms with Crippen LogP contribution in [0.5, 0.6) is 5.88 Å². The molecule has 4 nitrogen and oxygen atoms in total. The lowest BCUT2D eigenvalue weighted by Gasteiger charge is -2.17. The first-order valence-electron chi connectivity index (χ1n) is 6.37. The Hall–Kier alpha value is -1.45. The Morgan fingerprint density at radius 2 is 2.12 bits per heavy atom. The Morgan fingerprint density at radius 1 is 1.35 bits per heavy atom. The number of nitrogens with zero attached hydrogens (tertiary/aromatic N) is 1. The van der Waals surface area contributed by atoms with Crippen LogP contribution in [0.4, 0.5) is 11.5 Å². The van der Waals surface area contributed by atoms with Gasteiger partial charge in [0.1, 0.15) is 5.82 Å². The fraction of sp³-hybridized carbons (Fsp3) is 0.615. The topological polar surface area (TPSA) is 60.2 Å². The summed E-state index contributed by atoms with van der Waals surface area (Å²) in [5.74, 6) is 1.35. The van der Waals surface area contributed by atoms with Crippen LogP contribution in [0.1, 0.15) is 40.0 Å². The summed E-state index contributed by atoms with van der Waals surface area (Å²) >= 11 is 0. The van der Waals surface area contributed by atoms with Crippen molar-refractivity contribution < 1.29 is 4.74 Å². The second-order valence-electron chi connectivity index (χ2n) is 4.06. The van der Waals surface area contributed by atoms with E-state index in [4.69, 9.17) is 10.5 Å². The van der Waals surface area contributed by atoms with Crippen LogP contribution in [0, 0.1) is 0 Å². The van der Waals surface area contributed by atoms with Crippen molar-refractivity contribution in [2.75, 3.05) is 17.7 Å². The molecule has 0 aliphatic carbocycles. The van der Waals surface area contributed by atoms with Crippen molar-refractivity contribution in [3.8, 4) is 5.88 Å². The number of rotatable bonds is 7. The first-order chi connectivity index (χ1) is 8.21. The summed E-state index contributed by atoms with van der Waals surface area (Å²) in [4.78, 5) is 4.37. The number of nitrogens with one attached hydrogen (secondary N) is 1. The van der Waals surface area contributed by atoms with Gasteiger partial charge in [-0.05, 0) is 31.9 Å². The van der Waals surface area contributed by atoms with Crippen molar-refractivity contribution in [3.05, 3.63) is 12.1 Å². The van der Waals surface area contributed by atoms with E-state index in [-0.39, 0.29) is 0 Å². The van der Waals surface area contributed by atoms with E-state index in [2.05, 4.69) is 24.1 Å². The zero-order valence-electron chi connectivity index (χ0n) is 11.0. The van der Waals surface area contributed by atoms with Crippen LogP contribution in [0.15, 0.2) is 12.1 Å². The van der Waals surface area contributed by atoms with Gasteiger partial charge in [0.25, 0.3) is 0 Å². The monoisotopic (exact) mass is 237 g/mol. The van der Waals surface area contributed by atoms with Crippen molar-refractivity contribution in [1.29, 1.82) is 0 Å². The molecule has 0 saturated heterocycles. The molecule has 0 aromatic carbocycles. The molecule has 0 saturated carbocycles. The van der Waals surface area contributed by atoms with Crippen LogP contribution in [0.3, 0.4) is 0 Å². The van der Waals surface area contributed by atoms with Crippen LogP contribution < -0.4 is 15.8 Å². The van der Waals surface area contributed by atoms with Gasteiger partial charge in [0.15, 0.2) is 0 Å². The van der Waals surface area contributed by atoms with Crippen molar-refractivity contribution >= 4 is 11.5 Å². The van der Waals surface area contributed by atoms with Crippen LogP contribution in [0.25, 0.3) is 0 Å². The molecular formula is C13H23N3O. The number of pyridine rings is 1. The maximum absolute atomic E-state index is 5.78. The minimum atomic E-state index is 0.464. The molecule has 0 aliphatic heterocycles. The third-order valence-corrected chi connectivity index (χ3v) is 2.65. The second-order valence-corrected chi connectivity index (χ2v) is 4.06. The van der Waals surface area contributed by atoms with E-state index >= 15 is 0 Å². The van der Waals surface area contributed by atoms with E-state index < -0.39 is 0 Å². The maximum atomic E-state index is 5.78. The van der Waals surface area contributed by atoms with Gasteiger partial charge in [0.2, 0.25) is 5.88 Å².